The second-order valence-corrected chi connectivity index (χ2v) is 4.67. The molecule has 1 atom stereocenters. The molecule has 19 heavy (non-hydrogen) atoms. The Hall–Kier alpha value is -2.04. The maximum Gasteiger partial charge on any atom is 0.240 e. The highest BCUT2D eigenvalue weighted by molar-refractivity contribution is 5.87. The number of nitrogens with one attached hydrogen (secondary N) is 1. The first-order valence-electron chi connectivity index (χ1n) is 6.16. The first kappa shape index (κ1) is 15.0. The molecule has 0 aromatic heterocycles. The Morgan fingerprint density at radius 3 is 2.58 bits per heavy atom. The van der Waals surface area contributed by atoms with Gasteiger partial charge in [-0.05, 0) is 17.7 Å². The number of methoxy groups -OCH3 is 1. The predicted octanol–water partition coefficient (Wildman–Crippen LogP) is 0.864. The van der Waals surface area contributed by atoms with Crippen LogP contribution in [0.3, 0.4) is 0 Å². The normalized spacial score (nSPS) is 12.0. The Labute approximate surface area is 113 Å². The van der Waals surface area contributed by atoms with Gasteiger partial charge in [0.15, 0.2) is 0 Å². The van der Waals surface area contributed by atoms with Crippen molar-refractivity contribution in [1.29, 1.82) is 0 Å². The molecule has 0 aliphatic heterocycles. The van der Waals surface area contributed by atoms with Gasteiger partial charge in [-0.2, -0.15) is 0 Å². The van der Waals surface area contributed by atoms with Gasteiger partial charge in [-0.1, -0.05) is 26.0 Å². The average molecular weight is 264 g/mol. The summed E-state index contributed by atoms with van der Waals surface area (Å²) < 4.78 is 5.11. The minimum absolute atomic E-state index is 0.188. The Kier molecular flexibility index (Phi) is 5.36. The maximum atomic E-state index is 11.6. The van der Waals surface area contributed by atoms with E-state index >= 15 is 0 Å². The van der Waals surface area contributed by atoms with Crippen molar-refractivity contribution < 1.29 is 14.3 Å². The number of rotatable bonds is 6. The maximum absolute atomic E-state index is 11.6. The molecular weight excluding hydrogens is 244 g/mol. The number of carbonyl (C=O) groups excluding carboxylic acids is 2. The first-order valence-corrected chi connectivity index (χ1v) is 6.16. The topological polar surface area (TPSA) is 81.4 Å². The summed E-state index contributed by atoms with van der Waals surface area (Å²) in [4.78, 5) is 23.0. The van der Waals surface area contributed by atoms with Gasteiger partial charge in [0.05, 0.1) is 7.11 Å². The standard InChI is InChI=1S/C14H20N2O3/c1-9(2)14(18)16-12(13(15)17)8-10-5-4-6-11(7-10)19-3/h4-7,9,12H,8H2,1-3H3,(H2,15,17)(H,16,18)/t12-/m0/s1. The third-order valence-corrected chi connectivity index (χ3v) is 2.76. The van der Waals surface area contributed by atoms with Gasteiger partial charge in [-0.25, -0.2) is 0 Å². The van der Waals surface area contributed by atoms with Crippen molar-refractivity contribution in [2.75, 3.05) is 7.11 Å². The molecule has 5 heteroatoms. The van der Waals surface area contributed by atoms with Crippen LogP contribution < -0.4 is 15.8 Å². The number of primary amides is 1. The van der Waals surface area contributed by atoms with Gasteiger partial charge >= 0.3 is 0 Å². The highest BCUT2D eigenvalue weighted by Gasteiger charge is 2.20. The van der Waals surface area contributed by atoms with Crippen molar-refractivity contribution in [2.24, 2.45) is 11.7 Å². The quantitative estimate of drug-likeness (QED) is 0.799. The summed E-state index contributed by atoms with van der Waals surface area (Å²) in [5.41, 5.74) is 6.20. The molecule has 0 heterocycles. The van der Waals surface area contributed by atoms with Crippen LogP contribution in [0.25, 0.3) is 0 Å². The van der Waals surface area contributed by atoms with E-state index in [9.17, 15) is 9.59 Å². The fraction of sp³-hybridized carbons (Fsp3) is 0.429. The van der Waals surface area contributed by atoms with E-state index in [1.807, 2.05) is 24.3 Å². The molecule has 0 unspecified atom stereocenters. The second-order valence-electron chi connectivity index (χ2n) is 4.67. The number of benzene rings is 1. The van der Waals surface area contributed by atoms with Crippen LogP contribution >= 0.6 is 0 Å². The van der Waals surface area contributed by atoms with E-state index in [2.05, 4.69) is 5.32 Å². The van der Waals surface area contributed by atoms with Crippen molar-refractivity contribution in [3.05, 3.63) is 29.8 Å². The summed E-state index contributed by atoms with van der Waals surface area (Å²) in [5, 5.41) is 2.65. The zero-order chi connectivity index (χ0) is 14.4. The molecule has 0 spiro atoms. The van der Waals surface area contributed by atoms with Gasteiger partial charge in [0.2, 0.25) is 11.8 Å². The Bertz CT molecular complexity index is 458. The zero-order valence-electron chi connectivity index (χ0n) is 11.5. The first-order chi connectivity index (χ1) is 8.93. The van der Waals surface area contributed by atoms with Gasteiger partial charge in [-0.3, -0.25) is 9.59 Å². The molecule has 0 aliphatic rings. The largest absolute Gasteiger partial charge is 0.497 e. The average Bonchev–Trinajstić information content (AvgIpc) is 2.37. The Morgan fingerprint density at radius 2 is 2.05 bits per heavy atom. The lowest BCUT2D eigenvalue weighted by Crippen LogP contribution is -2.47. The molecule has 1 rings (SSSR count). The molecule has 104 valence electrons. The van der Waals surface area contributed by atoms with Crippen LogP contribution in [0.15, 0.2) is 24.3 Å². The van der Waals surface area contributed by atoms with Crippen LogP contribution in [0.4, 0.5) is 0 Å². The van der Waals surface area contributed by atoms with E-state index in [1.165, 1.54) is 0 Å². The van der Waals surface area contributed by atoms with Gasteiger partial charge in [0.25, 0.3) is 0 Å². The summed E-state index contributed by atoms with van der Waals surface area (Å²) in [6.45, 7) is 3.53. The number of hydrogen-bond donors (Lipinski definition) is 2. The molecule has 0 saturated carbocycles. The summed E-state index contributed by atoms with van der Waals surface area (Å²) in [5.74, 6) is -0.216. The van der Waals surface area contributed by atoms with Crippen LogP contribution in [0, 0.1) is 5.92 Å². The molecule has 0 fully saturated rings. The molecule has 0 saturated heterocycles. The number of nitrogens with two attached hydrogens (primary N) is 1. The molecule has 2 amide bonds. The molecular formula is C14H20N2O3. The van der Waals surface area contributed by atoms with Crippen LogP contribution in [-0.4, -0.2) is 25.0 Å². The van der Waals surface area contributed by atoms with E-state index in [0.29, 0.717) is 12.2 Å². The minimum Gasteiger partial charge on any atom is -0.497 e. The predicted molar refractivity (Wildman–Crippen MR) is 72.7 cm³/mol. The number of ether oxygens (including phenoxy) is 1. The third-order valence-electron chi connectivity index (χ3n) is 2.76. The van der Waals surface area contributed by atoms with E-state index in [1.54, 1.807) is 21.0 Å². The second kappa shape index (κ2) is 6.78. The van der Waals surface area contributed by atoms with Crippen LogP contribution in [-0.2, 0) is 16.0 Å². The van der Waals surface area contributed by atoms with Crippen LogP contribution in [0.1, 0.15) is 19.4 Å². The summed E-state index contributed by atoms with van der Waals surface area (Å²) >= 11 is 0. The van der Waals surface area contributed by atoms with Gasteiger partial charge in [0.1, 0.15) is 11.8 Å². The summed E-state index contributed by atoms with van der Waals surface area (Å²) in [7, 11) is 1.57. The van der Waals surface area contributed by atoms with Crippen molar-refractivity contribution in [3.63, 3.8) is 0 Å². The van der Waals surface area contributed by atoms with Gasteiger partial charge in [0, 0.05) is 12.3 Å². The number of carbonyl (C=O) groups is 2. The molecule has 3 N–H and O–H groups in total. The molecule has 0 radical (unpaired) electrons. The zero-order valence-corrected chi connectivity index (χ0v) is 11.5. The molecule has 0 aliphatic carbocycles. The summed E-state index contributed by atoms with van der Waals surface area (Å²) in [6.07, 6.45) is 0.352. The number of amides is 2. The van der Waals surface area contributed by atoms with Crippen LogP contribution in [0.2, 0.25) is 0 Å². The SMILES string of the molecule is COc1cccc(C[C@H](NC(=O)C(C)C)C(N)=O)c1. The van der Waals surface area contributed by atoms with Crippen molar-refractivity contribution >= 4 is 11.8 Å². The fourth-order valence-electron chi connectivity index (χ4n) is 1.60. The van der Waals surface area contributed by atoms with Crippen molar-refractivity contribution in [2.45, 2.75) is 26.3 Å². The molecule has 5 nitrogen and oxygen atoms in total. The molecule has 1 aromatic carbocycles. The fourth-order valence-corrected chi connectivity index (χ4v) is 1.60. The summed E-state index contributed by atoms with van der Waals surface area (Å²) in [6, 6.07) is 6.62. The smallest absolute Gasteiger partial charge is 0.240 e. The number of hydrogen-bond acceptors (Lipinski definition) is 3. The Morgan fingerprint density at radius 1 is 1.37 bits per heavy atom. The van der Waals surface area contributed by atoms with Gasteiger partial charge in [-0.15, -0.1) is 0 Å². The van der Waals surface area contributed by atoms with E-state index < -0.39 is 11.9 Å². The van der Waals surface area contributed by atoms with Crippen molar-refractivity contribution in [3.8, 4) is 5.75 Å². The van der Waals surface area contributed by atoms with E-state index in [-0.39, 0.29) is 11.8 Å². The highest BCUT2D eigenvalue weighted by Crippen LogP contribution is 2.14. The van der Waals surface area contributed by atoms with Gasteiger partial charge < -0.3 is 15.8 Å². The van der Waals surface area contributed by atoms with Crippen molar-refractivity contribution in [1.82, 2.24) is 5.32 Å². The molecule has 1 aromatic rings. The monoisotopic (exact) mass is 264 g/mol. The van der Waals surface area contributed by atoms with Crippen LogP contribution in [0.5, 0.6) is 5.75 Å². The lowest BCUT2D eigenvalue weighted by Gasteiger charge is -2.17. The minimum atomic E-state index is -0.706. The van der Waals surface area contributed by atoms with E-state index in [0.717, 1.165) is 5.56 Å². The Balaban J connectivity index is 2.78. The lowest BCUT2D eigenvalue weighted by atomic mass is 10.0. The highest BCUT2D eigenvalue weighted by atomic mass is 16.5. The third kappa shape index (κ3) is 4.62. The molecule has 0 bridgehead atoms. The lowest BCUT2D eigenvalue weighted by molar-refractivity contribution is -0.129. The van der Waals surface area contributed by atoms with E-state index in [4.69, 9.17) is 10.5 Å².